The van der Waals surface area contributed by atoms with E-state index in [2.05, 4.69) is 5.32 Å². The lowest BCUT2D eigenvalue weighted by atomic mass is 10.1. The second kappa shape index (κ2) is 9.59. The summed E-state index contributed by atoms with van der Waals surface area (Å²) < 4.78 is 19.9. The van der Waals surface area contributed by atoms with Crippen molar-refractivity contribution in [3.8, 4) is 5.75 Å². The van der Waals surface area contributed by atoms with E-state index in [-0.39, 0.29) is 28.7 Å². The van der Waals surface area contributed by atoms with E-state index >= 15 is 0 Å². The summed E-state index contributed by atoms with van der Waals surface area (Å²) >= 11 is 5.07. The number of halogens is 1. The van der Waals surface area contributed by atoms with Crippen LogP contribution in [0.15, 0.2) is 78.4 Å². The molecule has 2 amide bonds. The molecule has 0 radical (unpaired) electrons. The fourth-order valence-corrected chi connectivity index (χ4v) is 3.54. The molecule has 0 bridgehead atoms. The number of carbonyl (C=O) groups is 2. The first-order valence-corrected chi connectivity index (χ1v) is 10.4. The molecule has 0 spiro atoms. The molecule has 1 aliphatic heterocycles. The van der Waals surface area contributed by atoms with E-state index < -0.39 is 22.6 Å². The van der Waals surface area contributed by atoms with Crippen molar-refractivity contribution in [1.82, 2.24) is 5.32 Å². The number of ether oxygens (including phenoxy) is 1. The van der Waals surface area contributed by atoms with Gasteiger partial charge in [-0.1, -0.05) is 36.4 Å². The van der Waals surface area contributed by atoms with Crippen molar-refractivity contribution in [2.75, 3.05) is 4.90 Å². The molecule has 0 aliphatic carbocycles. The molecule has 1 aliphatic rings. The normalized spacial score (nSPS) is 14.8. The molecule has 0 unspecified atom stereocenters. The number of para-hydroxylation sites is 1. The molecule has 170 valence electrons. The van der Waals surface area contributed by atoms with Crippen LogP contribution in [0, 0.1) is 15.9 Å². The van der Waals surface area contributed by atoms with Gasteiger partial charge in [0.2, 0.25) is 0 Å². The van der Waals surface area contributed by atoms with Gasteiger partial charge in [-0.05, 0) is 53.7 Å². The minimum absolute atomic E-state index is 0.0255. The van der Waals surface area contributed by atoms with Gasteiger partial charge in [0.1, 0.15) is 23.7 Å². The Hall–Kier alpha value is -4.44. The molecule has 4 rings (SSSR count). The van der Waals surface area contributed by atoms with Crippen LogP contribution in [0.25, 0.3) is 6.08 Å². The second-order valence-electron chi connectivity index (χ2n) is 7.19. The lowest BCUT2D eigenvalue weighted by Gasteiger charge is -2.29. The smallest absolute Gasteiger partial charge is 0.270 e. The Morgan fingerprint density at radius 2 is 1.79 bits per heavy atom. The van der Waals surface area contributed by atoms with Crippen molar-refractivity contribution >= 4 is 46.6 Å². The number of nitrogens with zero attached hydrogens (tertiary/aromatic N) is 2. The van der Waals surface area contributed by atoms with E-state index in [0.717, 1.165) is 4.90 Å². The van der Waals surface area contributed by atoms with Crippen molar-refractivity contribution in [3.63, 3.8) is 0 Å². The molecule has 3 aromatic rings. The number of nitro benzene ring substituents is 1. The first-order chi connectivity index (χ1) is 16.3. The summed E-state index contributed by atoms with van der Waals surface area (Å²) in [4.78, 5) is 36.7. The minimum Gasteiger partial charge on any atom is -0.489 e. The molecular weight excluding hydrogens is 461 g/mol. The van der Waals surface area contributed by atoms with Gasteiger partial charge in [-0.15, -0.1) is 0 Å². The Morgan fingerprint density at radius 1 is 1.06 bits per heavy atom. The maximum atomic E-state index is 14.2. The predicted molar refractivity (Wildman–Crippen MR) is 126 cm³/mol. The topological polar surface area (TPSA) is 102 Å². The van der Waals surface area contributed by atoms with Gasteiger partial charge in [-0.25, -0.2) is 9.29 Å². The zero-order chi connectivity index (χ0) is 24.2. The monoisotopic (exact) mass is 477 g/mol. The van der Waals surface area contributed by atoms with Crippen molar-refractivity contribution in [3.05, 3.63) is 105 Å². The van der Waals surface area contributed by atoms with Crippen molar-refractivity contribution in [2.24, 2.45) is 0 Å². The molecule has 10 heteroatoms. The number of nitrogens with one attached hydrogen (secondary N) is 1. The Bertz CT molecular complexity index is 1340. The number of hydrogen-bond donors (Lipinski definition) is 1. The summed E-state index contributed by atoms with van der Waals surface area (Å²) in [5.74, 6) is -1.60. The van der Waals surface area contributed by atoms with E-state index in [1.54, 1.807) is 42.5 Å². The van der Waals surface area contributed by atoms with Crippen LogP contribution in [0.2, 0.25) is 0 Å². The third kappa shape index (κ3) is 4.81. The molecule has 0 saturated carbocycles. The lowest BCUT2D eigenvalue weighted by molar-refractivity contribution is -0.384. The molecule has 8 nitrogen and oxygen atoms in total. The van der Waals surface area contributed by atoms with Crippen molar-refractivity contribution in [2.45, 2.75) is 6.61 Å². The number of anilines is 1. The number of nitro groups is 1. The van der Waals surface area contributed by atoms with Crippen LogP contribution in [0.3, 0.4) is 0 Å². The summed E-state index contributed by atoms with van der Waals surface area (Å²) in [7, 11) is 0. The number of non-ortho nitro benzene ring substituents is 1. The van der Waals surface area contributed by atoms with E-state index in [0.29, 0.717) is 16.9 Å². The zero-order valence-corrected chi connectivity index (χ0v) is 18.3. The summed E-state index contributed by atoms with van der Waals surface area (Å²) in [6, 6.07) is 18.3. The fraction of sp³-hybridized carbons (Fsp3) is 0.0417. The summed E-state index contributed by atoms with van der Waals surface area (Å²) in [6.45, 7) is 0.123. The Labute approximate surface area is 198 Å². The highest BCUT2D eigenvalue weighted by Gasteiger charge is 2.35. The molecule has 1 N–H and O–H groups in total. The van der Waals surface area contributed by atoms with Gasteiger partial charge >= 0.3 is 0 Å². The fourth-order valence-electron chi connectivity index (χ4n) is 3.26. The third-order valence-electron chi connectivity index (χ3n) is 4.91. The zero-order valence-electron chi connectivity index (χ0n) is 17.4. The molecular formula is C24H16FN3O5S. The van der Waals surface area contributed by atoms with Gasteiger partial charge < -0.3 is 4.74 Å². The quantitative estimate of drug-likeness (QED) is 0.188. The van der Waals surface area contributed by atoms with Crippen molar-refractivity contribution in [1.29, 1.82) is 0 Å². The van der Waals surface area contributed by atoms with Gasteiger partial charge in [0.05, 0.1) is 10.6 Å². The molecule has 1 saturated heterocycles. The Kier molecular flexibility index (Phi) is 6.42. The van der Waals surface area contributed by atoms with E-state index in [1.165, 1.54) is 36.4 Å². The maximum Gasteiger partial charge on any atom is 0.270 e. The van der Waals surface area contributed by atoms with Crippen LogP contribution in [0.5, 0.6) is 5.75 Å². The van der Waals surface area contributed by atoms with Crippen LogP contribution in [0.4, 0.5) is 15.8 Å². The molecule has 1 heterocycles. The summed E-state index contributed by atoms with van der Waals surface area (Å²) in [6.07, 6.45) is 1.37. The minimum atomic E-state index is -0.746. The average molecular weight is 477 g/mol. The van der Waals surface area contributed by atoms with Crippen LogP contribution < -0.4 is 15.0 Å². The van der Waals surface area contributed by atoms with E-state index in [4.69, 9.17) is 17.0 Å². The molecule has 0 aromatic heterocycles. The Balaban J connectivity index is 1.51. The highest BCUT2D eigenvalue weighted by molar-refractivity contribution is 7.80. The van der Waals surface area contributed by atoms with Gasteiger partial charge in [-0.3, -0.25) is 25.0 Å². The Morgan fingerprint density at radius 3 is 2.50 bits per heavy atom. The van der Waals surface area contributed by atoms with Crippen LogP contribution in [-0.4, -0.2) is 21.9 Å². The molecule has 1 fully saturated rings. The van der Waals surface area contributed by atoms with Gasteiger partial charge in [0, 0.05) is 12.1 Å². The van der Waals surface area contributed by atoms with Crippen LogP contribution in [0.1, 0.15) is 11.1 Å². The number of benzene rings is 3. The van der Waals surface area contributed by atoms with Gasteiger partial charge in [-0.2, -0.15) is 0 Å². The summed E-state index contributed by atoms with van der Waals surface area (Å²) in [5, 5.41) is 13.1. The lowest BCUT2D eigenvalue weighted by Crippen LogP contribution is -2.54. The highest BCUT2D eigenvalue weighted by atomic mass is 32.1. The highest BCUT2D eigenvalue weighted by Crippen LogP contribution is 2.25. The first-order valence-electron chi connectivity index (χ1n) is 9.95. The van der Waals surface area contributed by atoms with Crippen LogP contribution >= 0.6 is 12.2 Å². The molecule has 3 aromatic carbocycles. The molecule has 0 atom stereocenters. The second-order valence-corrected chi connectivity index (χ2v) is 7.58. The van der Waals surface area contributed by atoms with E-state index in [9.17, 15) is 24.1 Å². The average Bonchev–Trinajstić information content (AvgIpc) is 2.82. The standard InChI is InChI=1S/C24H16FN3O5S/c25-20-6-1-2-7-21(20)27-23(30)19(22(29)26-24(27)34)13-15-8-10-18(11-9-15)33-14-16-4-3-5-17(12-16)28(31)32/h1-13H,14H2,(H,26,29,34)/b19-13+. The first kappa shape index (κ1) is 22.7. The third-order valence-corrected chi connectivity index (χ3v) is 5.20. The number of hydrogen-bond acceptors (Lipinski definition) is 6. The predicted octanol–water partition coefficient (Wildman–Crippen LogP) is 4.14. The number of thiocarbonyl (C=S) groups is 1. The largest absolute Gasteiger partial charge is 0.489 e. The number of amides is 2. The van der Waals surface area contributed by atoms with E-state index in [1.807, 2.05) is 0 Å². The van der Waals surface area contributed by atoms with Gasteiger partial charge in [0.15, 0.2) is 5.11 Å². The number of rotatable bonds is 6. The van der Waals surface area contributed by atoms with Crippen LogP contribution in [-0.2, 0) is 16.2 Å². The molecule has 34 heavy (non-hydrogen) atoms. The number of carbonyl (C=O) groups excluding carboxylic acids is 2. The van der Waals surface area contributed by atoms with Gasteiger partial charge in [0.25, 0.3) is 17.5 Å². The SMILES string of the molecule is O=C1NC(=S)N(c2ccccc2F)C(=O)/C1=C/c1ccc(OCc2cccc([N+](=O)[O-])c2)cc1. The maximum absolute atomic E-state index is 14.2. The van der Waals surface area contributed by atoms with Crippen molar-refractivity contribution < 1.29 is 23.6 Å². The summed E-state index contributed by atoms with van der Waals surface area (Å²) in [5.41, 5.74) is 0.870.